The molecule has 2 rings (SSSR count). The molecule has 0 bridgehead atoms. The maximum absolute atomic E-state index is 13.9. The van der Waals surface area contributed by atoms with Crippen LogP contribution in [0.4, 0.5) is 4.39 Å². The van der Waals surface area contributed by atoms with E-state index in [-0.39, 0.29) is 11.1 Å². The lowest BCUT2D eigenvalue weighted by Gasteiger charge is -2.05. The van der Waals surface area contributed by atoms with Crippen molar-refractivity contribution in [3.05, 3.63) is 69.9 Å². The fourth-order valence-corrected chi connectivity index (χ4v) is 3.30. The van der Waals surface area contributed by atoms with Crippen LogP contribution >= 0.6 is 0 Å². The van der Waals surface area contributed by atoms with Crippen molar-refractivity contribution in [2.45, 2.75) is 5.75 Å². The first-order valence-corrected chi connectivity index (χ1v) is 8.72. The van der Waals surface area contributed by atoms with Crippen LogP contribution in [0.2, 0.25) is 0 Å². The Labute approximate surface area is 145 Å². The van der Waals surface area contributed by atoms with Gasteiger partial charge in [0.05, 0.1) is 24.5 Å². The SMILES string of the molecule is COc1ccc(CS(=O)(=O)/C(C#N)=C\c2ccc(C#N)cc2F)cc1. The number of allylic oxidation sites excluding steroid dienone is 1. The fourth-order valence-electron chi connectivity index (χ4n) is 2.07. The summed E-state index contributed by atoms with van der Waals surface area (Å²) in [5.74, 6) is -0.586. The average molecular weight is 356 g/mol. The summed E-state index contributed by atoms with van der Waals surface area (Å²) in [6, 6.07) is 13.4. The molecule has 0 saturated carbocycles. The summed E-state index contributed by atoms with van der Waals surface area (Å²) in [5.41, 5.74) is 0.505. The van der Waals surface area contributed by atoms with Gasteiger partial charge in [-0.25, -0.2) is 12.8 Å². The van der Waals surface area contributed by atoms with Crippen LogP contribution in [-0.2, 0) is 15.6 Å². The maximum Gasteiger partial charge on any atom is 0.192 e. The largest absolute Gasteiger partial charge is 0.497 e. The summed E-state index contributed by atoms with van der Waals surface area (Å²) in [7, 11) is -2.45. The molecule has 5 nitrogen and oxygen atoms in total. The van der Waals surface area contributed by atoms with Crippen LogP contribution in [0.5, 0.6) is 5.75 Å². The maximum atomic E-state index is 13.9. The van der Waals surface area contributed by atoms with Crippen molar-refractivity contribution in [3.8, 4) is 17.9 Å². The number of rotatable bonds is 5. The molecule has 7 heteroatoms. The third kappa shape index (κ3) is 4.43. The molecule has 0 atom stereocenters. The number of benzene rings is 2. The van der Waals surface area contributed by atoms with Gasteiger partial charge in [0.2, 0.25) is 0 Å². The molecule has 0 saturated heterocycles. The van der Waals surface area contributed by atoms with Crippen molar-refractivity contribution in [1.82, 2.24) is 0 Å². The minimum atomic E-state index is -3.95. The van der Waals surface area contributed by atoms with Crippen molar-refractivity contribution in [2.24, 2.45) is 0 Å². The first kappa shape index (κ1) is 18.2. The molecule has 0 heterocycles. The van der Waals surface area contributed by atoms with Gasteiger partial charge >= 0.3 is 0 Å². The second-order valence-electron chi connectivity index (χ2n) is 5.08. The lowest BCUT2D eigenvalue weighted by molar-refractivity contribution is 0.414. The molecular weight excluding hydrogens is 343 g/mol. The van der Waals surface area contributed by atoms with Crippen molar-refractivity contribution in [3.63, 3.8) is 0 Å². The molecule has 0 unspecified atom stereocenters. The zero-order valence-electron chi connectivity index (χ0n) is 13.2. The van der Waals surface area contributed by atoms with Gasteiger partial charge in [-0.1, -0.05) is 18.2 Å². The Kier molecular flexibility index (Phi) is 5.53. The number of nitriles is 2. The number of nitrogens with zero attached hydrogens (tertiary/aromatic N) is 2. The van der Waals surface area contributed by atoms with Crippen LogP contribution in [0, 0.1) is 28.5 Å². The predicted molar refractivity (Wildman–Crippen MR) is 90.3 cm³/mol. The topological polar surface area (TPSA) is 90.9 Å². The van der Waals surface area contributed by atoms with E-state index in [2.05, 4.69) is 0 Å². The predicted octanol–water partition coefficient (Wildman–Crippen LogP) is 3.19. The summed E-state index contributed by atoms with van der Waals surface area (Å²) in [6.07, 6.45) is 0.968. The lowest BCUT2D eigenvalue weighted by atomic mass is 10.1. The highest BCUT2D eigenvalue weighted by Crippen LogP contribution is 2.21. The van der Waals surface area contributed by atoms with E-state index in [1.54, 1.807) is 36.4 Å². The highest BCUT2D eigenvalue weighted by Gasteiger charge is 2.19. The number of sulfone groups is 1. The molecule has 25 heavy (non-hydrogen) atoms. The fraction of sp³-hybridized carbons (Fsp3) is 0.111. The molecule has 0 fully saturated rings. The van der Waals surface area contributed by atoms with Crippen LogP contribution in [0.25, 0.3) is 6.08 Å². The Bertz CT molecular complexity index is 998. The standard InChI is InChI=1S/C18H13FN2O3S/c1-24-16-6-3-13(4-7-16)12-25(22,23)17(11-21)9-15-5-2-14(10-20)8-18(15)19/h2-9H,12H2,1H3/b17-9-. The van der Waals surface area contributed by atoms with Crippen LogP contribution in [0.1, 0.15) is 16.7 Å². The monoisotopic (exact) mass is 356 g/mol. The van der Waals surface area contributed by atoms with E-state index in [0.717, 1.165) is 12.1 Å². The molecule has 0 aliphatic rings. The van der Waals surface area contributed by atoms with Crippen molar-refractivity contribution >= 4 is 15.9 Å². The van der Waals surface area contributed by atoms with Gasteiger partial charge in [-0.2, -0.15) is 10.5 Å². The Balaban J connectivity index is 2.34. The third-order valence-electron chi connectivity index (χ3n) is 3.38. The number of ether oxygens (including phenoxy) is 1. The zero-order valence-corrected chi connectivity index (χ0v) is 14.0. The molecule has 0 aromatic heterocycles. The van der Waals surface area contributed by atoms with Gasteiger partial charge in [-0.3, -0.25) is 0 Å². The van der Waals surface area contributed by atoms with Gasteiger partial charge in [-0.15, -0.1) is 0 Å². The molecule has 0 aliphatic carbocycles. The smallest absolute Gasteiger partial charge is 0.192 e. The van der Waals surface area contributed by atoms with Gasteiger partial charge in [0.1, 0.15) is 22.5 Å². The molecular formula is C18H13FN2O3S. The van der Waals surface area contributed by atoms with Gasteiger partial charge in [0.15, 0.2) is 9.84 Å². The van der Waals surface area contributed by atoms with Crippen molar-refractivity contribution in [1.29, 1.82) is 10.5 Å². The Morgan fingerprint density at radius 2 is 1.88 bits per heavy atom. The van der Waals surface area contributed by atoms with Gasteiger partial charge in [0.25, 0.3) is 0 Å². The molecule has 0 N–H and O–H groups in total. The summed E-state index contributed by atoms with van der Waals surface area (Å²) in [6.45, 7) is 0. The number of hydrogen-bond acceptors (Lipinski definition) is 5. The van der Waals surface area contributed by atoms with Crippen LogP contribution < -0.4 is 4.74 Å². The van der Waals surface area contributed by atoms with E-state index in [0.29, 0.717) is 11.3 Å². The normalized spacial score (nSPS) is 11.4. The number of methoxy groups -OCH3 is 1. The average Bonchev–Trinajstić information content (AvgIpc) is 2.60. The van der Waals surface area contributed by atoms with Gasteiger partial charge in [-0.05, 0) is 35.9 Å². The highest BCUT2D eigenvalue weighted by molar-refractivity contribution is 7.95. The first-order chi connectivity index (χ1) is 11.9. The zero-order chi connectivity index (χ0) is 18.4. The second kappa shape index (κ2) is 7.61. The molecule has 0 radical (unpaired) electrons. The lowest BCUT2D eigenvalue weighted by Crippen LogP contribution is -2.06. The van der Waals surface area contributed by atoms with Crippen LogP contribution in [0.15, 0.2) is 47.4 Å². The third-order valence-corrected chi connectivity index (χ3v) is 4.97. The summed E-state index contributed by atoms with van der Waals surface area (Å²) in [4.78, 5) is -0.549. The summed E-state index contributed by atoms with van der Waals surface area (Å²) < 4.78 is 43.8. The number of hydrogen-bond donors (Lipinski definition) is 0. The molecule has 0 spiro atoms. The Morgan fingerprint density at radius 3 is 2.40 bits per heavy atom. The van der Waals surface area contributed by atoms with Crippen LogP contribution in [-0.4, -0.2) is 15.5 Å². The molecule has 2 aromatic rings. The Hall–Kier alpha value is -3.16. The minimum absolute atomic E-state index is 0.0751. The van der Waals surface area contributed by atoms with E-state index in [9.17, 15) is 18.1 Å². The van der Waals surface area contributed by atoms with Gasteiger partial charge in [0, 0.05) is 5.56 Å². The quantitative estimate of drug-likeness (QED) is 0.767. The van der Waals surface area contributed by atoms with Crippen molar-refractivity contribution in [2.75, 3.05) is 7.11 Å². The van der Waals surface area contributed by atoms with Crippen molar-refractivity contribution < 1.29 is 17.5 Å². The highest BCUT2D eigenvalue weighted by atomic mass is 32.2. The minimum Gasteiger partial charge on any atom is -0.497 e. The molecule has 126 valence electrons. The molecule has 2 aromatic carbocycles. The molecule has 0 aliphatic heterocycles. The first-order valence-electron chi connectivity index (χ1n) is 7.07. The van der Waals surface area contributed by atoms with Gasteiger partial charge < -0.3 is 4.74 Å². The van der Waals surface area contributed by atoms with E-state index in [4.69, 9.17) is 10.00 Å². The molecule has 0 amide bonds. The number of halogens is 1. The van der Waals surface area contributed by atoms with Crippen LogP contribution in [0.3, 0.4) is 0 Å². The summed E-state index contributed by atoms with van der Waals surface area (Å²) in [5, 5.41) is 17.9. The summed E-state index contributed by atoms with van der Waals surface area (Å²) >= 11 is 0. The van der Waals surface area contributed by atoms with E-state index < -0.39 is 26.3 Å². The Morgan fingerprint density at radius 1 is 1.20 bits per heavy atom. The van der Waals surface area contributed by atoms with E-state index in [1.165, 1.54) is 19.2 Å². The van der Waals surface area contributed by atoms with E-state index >= 15 is 0 Å². The second-order valence-corrected chi connectivity index (χ2v) is 7.03. The van der Waals surface area contributed by atoms with E-state index in [1.807, 2.05) is 0 Å².